The zero-order valence-electron chi connectivity index (χ0n) is 6.58. The first-order chi connectivity index (χ1) is 5.79. The second-order valence-electron chi connectivity index (χ2n) is 2.16. The van der Waals surface area contributed by atoms with Gasteiger partial charge in [0, 0.05) is 18.0 Å². The van der Waals surface area contributed by atoms with E-state index in [0.29, 0.717) is 5.56 Å². The molecule has 0 aromatic carbocycles. The van der Waals surface area contributed by atoms with E-state index in [-0.39, 0.29) is 5.56 Å². The number of methoxy groups -OCH3 is 1. The van der Waals surface area contributed by atoms with Crippen molar-refractivity contribution < 1.29 is 13.9 Å². The highest BCUT2D eigenvalue weighted by atomic mass is 19.1. The number of pyridine rings is 1. The maximum Gasteiger partial charge on any atom is 0.339 e. The van der Waals surface area contributed by atoms with Gasteiger partial charge in [-0.05, 0) is 6.07 Å². The van der Waals surface area contributed by atoms with E-state index in [0.717, 1.165) is 0 Å². The molecule has 0 radical (unpaired) electrons. The van der Waals surface area contributed by atoms with Crippen molar-refractivity contribution in [2.75, 3.05) is 7.11 Å². The van der Waals surface area contributed by atoms with Gasteiger partial charge in [-0.1, -0.05) is 0 Å². The summed E-state index contributed by atoms with van der Waals surface area (Å²) in [6.45, 7) is -0.688. The number of ether oxygens (including phenoxy) is 1. The summed E-state index contributed by atoms with van der Waals surface area (Å²) >= 11 is 0. The molecule has 0 amide bonds. The van der Waals surface area contributed by atoms with Crippen molar-refractivity contribution in [2.45, 2.75) is 6.67 Å². The first kappa shape index (κ1) is 8.64. The maximum atomic E-state index is 12.2. The lowest BCUT2D eigenvalue weighted by Gasteiger charge is -2.01. The van der Waals surface area contributed by atoms with Crippen LogP contribution in [0.1, 0.15) is 15.9 Å². The van der Waals surface area contributed by atoms with Crippen LogP contribution in [0.3, 0.4) is 0 Å². The van der Waals surface area contributed by atoms with E-state index in [1.165, 1.54) is 25.6 Å². The predicted molar refractivity (Wildman–Crippen MR) is 40.4 cm³/mol. The number of rotatable bonds is 2. The van der Waals surface area contributed by atoms with Crippen LogP contribution in [0, 0.1) is 0 Å². The minimum absolute atomic E-state index is 0.183. The molecule has 1 rings (SSSR count). The molecule has 0 atom stereocenters. The smallest absolute Gasteiger partial charge is 0.339 e. The number of aromatic nitrogens is 1. The topological polar surface area (TPSA) is 39.2 Å². The Morgan fingerprint density at radius 1 is 1.75 bits per heavy atom. The Morgan fingerprint density at radius 3 is 3.08 bits per heavy atom. The lowest BCUT2D eigenvalue weighted by molar-refractivity contribution is 0.0598. The minimum Gasteiger partial charge on any atom is -0.465 e. The van der Waals surface area contributed by atoms with Gasteiger partial charge in [0.2, 0.25) is 0 Å². The number of carbonyl (C=O) groups is 1. The fraction of sp³-hybridized carbons (Fsp3) is 0.250. The molecule has 12 heavy (non-hydrogen) atoms. The van der Waals surface area contributed by atoms with Crippen LogP contribution < -0.4 is 0 Å². The molecule has 0 unspecified atom stereocenters. The summed E-state index contributed by atoms with van der Waals surface area (Å²) in [6, 6.07) is 1.45. The van der Waals surface area contributed by atoms with E-state index in [1.807, 2.05) is 0 Å². The summed E-state index contributed by atoms with van der Waals surface area (Å²) in [7, 11) is 1.25. The average molecular weight is 169 g/mol. The number of hydrogen-bond donors (Lipinski definition) is 0. The van der Waals surface area contributed by atoms with Crippen LogP contribution in [0.4, 0.5) is 4.39 Å². The molecule has 1 aromatic heterocycles. The van der Waals surface area contributed by atoms with Gasteiger partial charge in [-0.15, -0.1) is 0 Å². The molecule has 1 aromatic rings. The maximum absolute atomic E-state index is 12.2. The molecular weight excluding hydrogens is 161 g/mol. The van der Waals surface area contributed by atoms with Crippen LogP contribution in [-0.4, -0.2) is 18.1 Å². The number of halogens is 1. The molecule has 0 aliphatic carbocycles. The van der Waals surface area contributed by atoms with Crippen molar-refractivity contribution in [1.29, 1.82) is 0 Å². The zero-order chi connectivity index (χ0) is 8.97. The Balaban J connectivity index is 3.04. The molecule has 0 saturated carbocycles. The van der Waals surface area contributed by atoms with Gasteiger partial charge >= 0.3 is 5.97 Å². The van der Waals surface area contributed by atoms with Crippen molar-refractivity contribution in [3.63, 3.8) is 0 Å². The largest absolute Gasteiger partial charge is 0.465 e. The second kappa shape index (κ2) is 3.80. The molecule has 4 heteroatoms. The zero-order valence-corrected chi connectivity index (χ0v) is 6.58. The molecule has 0 aliphatic rings. The van der Waals surface area contributed by atoms with E-state index < -0.39 is 12.6 Å². The molecule has 0 aliphatic heterocycles. The quantitative estimate of drug-likeness (QED) is 0.627. The van der Waals surface area contributed by atoms with Crippen LogP contribution in [-0.2, 0) is 11.4 Å². The highest BCUT2D eigenvalue weighted by Crippen LogP contribution is 2.09. The average Bonchev–Trinajstić information content (AvgIpc) is 2.16. The molecule has 0 N–H and O–H groups in total. The fourth-order valence-electron chi connectivity index (χ4n) is 0.834. The number of carbonyl (C=O) groups excluding carboxylic acids is 1. The van der Waals surface area contributed by atoms with Crippen LogP contribution in [0.2, 0.25) is 0 Å². The van der Waals surface area contributed by atoms with Crippen LogP contribution in [0.15, 0.2) is 18.5 Å². The molecule has 1 heterocycles. The second-order valence-corrected chi connectivity index (χ2v) is 2.16. The van der Waals surface area contributed by atoms with Crippen molar-refractivity contribution in [2.24, 2.45) is 0 Å². The number of nitrogens with zero attached hydrogens (tertiary/aromatic N) is 1. The molecule has 0 bridgehead atoms. The van der Waals surface area contributed by atoms with Gasteiger partial charge < -0.3 is 4.74 Å². The normalized spacial score (nSPS) is 9.50. The SMILES string of the molecule is COC(=O)c1cnccc1CF. The lowest BCUT2D eigenvalue weighted by Crippen LogP contribution is -2.05. The van der Waals surface area contributed by atoms with Gasteiger partial charge in [-0.25, -0.2) is 9.18 Å². The van der Waals surface area contributed by atoms with Crippen molar-refractivity contribution in [3.05, 3.63) is 29.6 Å². The Morgan fingerprint density at radius 2 is 2.50 bits per heavy atom. The Kier molecular flexibility index (Phi) is 2.74. The van der Waals surface area contributed by atoms with Crippen molar-refractivity contribution in [1.82, 2.24) is 4.98 Å². The molecule has 3 nitrogen and oxygen atoms in total. The summed E-state index contributed by atoms with van der Waals surface area (Å²) in [5.41, 5.74) is 0.486. The first-order valence-electron chi connectivity index (χ1n) is 3.36. The van der Waals surface area contributed by atoms with Crippen LogP contribution in [0.25, 0.3) is 0 Å². The summed E-state index contributed by atoms with van der Waals surface area (Å²) in [5, 5.41) is 0. The van der Waals surface area contributed by atoms with Crippen molar-refractivity contribution in [3.8, 4) is 0 Å². The number of esters is 1. The van der Waals surface area contributed by atoms with Gasteiger partial charge in [0.15, 0.2) is 0 Å². The Hall–Kier alpha value is -1.45. The molecule has 0 spiro atoms. The van der Waals surface area contributed by atoms with Gasteiger partial charge in [0.1, 0.15) is 6.67 Å². The van der Waals surface area contributed by atoms with Crippen LogP contribution >= 0.6 is 0 Å². The summed E-state index contributed by atoms with van der Waals surface area (Å²) in [5.74, 6) is -0.559. The molecule has 0 fully saturated rings. The van der Waals surface area contributed by atoms with E-state index in [4.69, 9.17) is 0 Å². The Labute approximate surface area is 69.2 Å². The molecule has 0 saturated heterocycles. The third kappa shape index (κ3) is 1.58. The minimum atomic E-state index is -0.688. The third-order valence-electron chi connectivity index (χ3n) is 1.46. The van der Waals surface area contributed by atoms with Gasteiger partial charge in [0.05, 0.1) is 12.7 Å². The van der Waals surface area contributed by atoms with Gasteiger partial charge in [-0.2, -0.15) is 0 Å². The summed E-state index contributed by atoms with van der Waals surface area (Å²) in [6.07, 6.45) is 2.72. The number of alkyl halides is 1. The van der Waals surface area contributed by atoms with Crippen molar-refractivity contribution >= 4 is 5.97 Å². The van der Waals surface area contributed by atoms with Gasteiger partial charge in [-0.3, -0.25) is 4.98 Å². The van der Waals surface area contributed by atoms with Crippen LogP contribution in [0.5, 0.6) is 0 Å². The summed E-state index contributed by atoms with van der Waals surface area (Å²) < 4.78 is 16.7. The monoisotopic (exact) mass is 169 g/mol. The third-order valence-corrected chi connectivity index (χ3v) is 1.46. The fourth-order valence-corrected chi connectivity index (χ4v) is 0.834. The first-order valence-corrected chi connectivity index (χ1v) is 3.36. The Bertz CT molecular complexity index is 288. The van der Waals surface area contributed by atoms with Gasteiger partial charge in [0.25, 0.3) is 0 Å². The molecular formula is C8H8FNO2. The molecule has 64 valence electrons. The van der Waals surface area contributed by atoms with E-state index in [1.54, 1.807) is 0 Å². The highest BCUT2D eigenvalue weighted by molar-refractivity contribution is 5.90. The summed E-state index contributed by atoms with van der Waals surface area (Å²) in [4.78, 5) is 14.7. The number of hydrogen-bond acceptors (Lipinski definition) is 3. The standard InChI is InChI=1S/C8H8FNO2/c1-12-8(11)7-5-10-3-2-6(7)4-9/h2-3,5H,4H2,1H3. The predicted octanol–water partition coefficient (Wildman–Crippen LogP) is 1.34. The lowest BCUT2D eigenvalue weighted by atomic mass is 10.1. The highest BCUT2D eigenvalue weighted by Gasteiger charge is 2.10. The van der Waals surface area contributed by atoms with E-state index >= 15 is 0 Å². The van der Waals surface area contributed by atoms with E-state index in [9.17, 15) is 9.18 Å². The van der Waals surface area contributed by atoms with E-state index in [2.05, 4.69) is 9.72 Å².